The van der Waals surface area contributed by atoms with E-state index in [4.69, 9.17) is 13.6 Å². The number of esters is 1. The van der Waals surface area contributed by atoms with E-state index in [0.29, 0.717) is 6.42 Å². The van der Waals surface area contributed by atoms with E-state index in [0.717, 1.165) is 41.7 Å². The molecule has 0 aliphatic rings. The van der Waals surface area contributed by atoms with Gasteiger partial charge in [0.05, 0.1) is 42.9 Å². The Kier molecular flexibility index (Phi) is 15.3. The van der Waals surface area contributed by atoms with Gasteiger partial charge in [-0.15, -0.1) is 0 Å². The lowest BCUT2D eigenvalue weighted by Crippen LogP contribution is -2.54. The molecule has 0 amide bonds. The molecule has 8 nitrogen and oxygen atoms in total. The Hall–Kier alpha value is -2.12. The largest absolute Gasteiger partial charge is 0.469 e. The summed E-state index contributed by atoms with van der Waals surface area (Å²) in [5, 5.41) is 10.8. The first kappa shape index (κ1) is 45.0. The van der Waals surface area contributed by atoms with Gasteiger partial charge in [0.1, 0.15) is 11.6 Å². The van der Waals surface area contributed by atoms with Gasteiger partial charge < -0.3 is 23.3 Å². The van der Waals surface area contributed by atoms with Gasteiger partial charge in [-0.1, -0.05) is 87.5 Å². The van der Waals surface area contributed by atoms with Gasteiger partial charge in [-0.2, -0.15) is 0 Å². The summed E-state index contributed by atoms with van der Waals surface area (Å²) in [5.41, 5.74) is 1.89. The second-order valence-electron chi connectivity index (χ2n) is 18.5. The maximum Gasteiger partial charge on any atom is 0.308 e. The number of methoxy groups -OCH3 is 1. The number of nitrogens with zero attached hydrogens (tertiary/aromatic N) is 2. The average Bonchev–Trinajstić information content (AvgIpc) is 3.30. The SMILES string of the molecule is COC(=O)C[C@H](O[Si](C)(C)C(C)(C)C)C(C)(C)C(=O)[C@H](C)[C@@H](O[Si](C)(C)C(C)(C)C)[C@@H](C)CCC/C=C/C[C@@H](O)c1ccc2c(c1)nc(C)n2C. The molecule has 1 aromatic carbocycles. The lowest BCUT2D eigenvalue weighted by molar-refractivity contribution is -0.148. The van der Waals surface area contributed by atoms with Crippen molar-refractivity contribution < 1.29 is 28.3 Å². The van der Waals surface area contributed by atoms with Crippen LogP contribution in [0.4, 0.5) is 0 Å². The zero-order valence-corrected chi connectivity index (χ0v) is 37.2. The van der Waals surface area contributed by atoms with Gasteiger partial charge >= 0.3 is 5.97 Å². The van der Waals surface area contributed by atoms with Gasteiger partial charge in [-0.3, -0.25) is 9.59 Å². The predicted molar refractivity (Wildman–Crippen MR) is 216 cm³/mol. The summed E-state index contributed by atoms with van der Waals surface area (Å²) >= 11 is 0. The molecule has 0 aliphatic heterocycles. The highest BCUT2D eigenvalue weighted by Gasteiger charge is 2.50. The van der Waals surface area contributed by atoms with Crippen LogP contribution in [0, 0.1) is 24.2 Å². The van der Waals surface area contributed by atoms with Gasteiger partial charge in [0.25, 0.3) is 0 Å². The monoisotopic (exact) mass is 744 g/mol. The Bertz CT molecular complexity index is 1500. The number of ketones is 1. The quantitative estimate of drug-likeness (QED) is 0.0702. The molecule has 5 atom stereocenters. The fourth-order valence-corrected chi connectivity index (χ4v) is 8.99. The second kappa shape index (κ2) is 17.4. The second-order valence-corrected chi connectivity index (χ2v) is 28.0. The number of allylic oxidation sites excluding steroid dienone is 1. The van der Waals surface area contributed by atoms with E-state index < -0.39 is 40.2 Å². The molecule has 1 aromatic heterocycles. The van der Waals surface area contributed by atoms with Crippen molar-refractivity contribution >= 4 is 39.4 Å². The third kappa shape index (κ3) is 11.4. The summed E-state index contributed by atoms with van der Waals surface area (Å²) in [4.78, 5) is 31.9. The van der Waals surface area contributed by atoms with Crippen molar-refractivity contribution in [1.82, 2.24) is 9.55 Å². The summed E-state index contributed by atoms with van der Waals surface area (Å²) in [6, 6.07) is 5.98. The molecule has 0 bridgehead atoms. The first-order valence-electron chi connectivity index (χ1n) is 18.9. The van der Waals surface area contributed by atoms with Crippen LogP contribution >= 0.6 is 0 Å². The number of carbonyl (C=O) groups is 2. The number of imidazole rings is 1. The van der Waals surface area contributed by atoms with Gasteiger partial charge in [-0.25, -0.2) is 4.98 Å². The minimum absolute atomic E-state index is 0.0222. The summed E-state index contributed by atoms with van der Waals surface area (Å²) < 4.78 is 21.1. The number of fused-ring (bicyclic) bond motifs is 1. The number of unbranched alkanes of at least 4 members (excludes halogenated alkanes) is 1. The van der Waals surface area contributed by atoms with E-state index >= 15 is 0 Å². The molecule has 0 aliphatic carbocycles. The molecular weight excluding hydrogens is 673 g/mol. The number of rotatable bonds is 18. The van der Waals surface area contributed by atoms with Crippen LogP contribution in [0.15, 0.2) is 30.4 Å². The minimum Gasteiger partial charge on any atom is -0.469 e. The average molecular weight is 745 g/mol. The molecular formula is C41H72N2O6Si2. The van der Waals surface area contributed by atoms with Crippen molar-refractivity contribution in [1.29, 1.82) is 0 Å². The molecule has 1 heterocycles. The van der Waals surface area contributed by atoms with Crippen molar-refractivity contribution in [2.24, 2.45) is 24.3 Å². The maximum absolute atomic E-state index is 14.7. The summed E-state index contributed by atoms with van der Waals surface area (Å²) in [6.07, 6.45) is 6.00. The summed E-state index contributed by atoms with van der Waals surface area (Å²) in [7, 11) is -1.19. The molecule has 0 saturated heterocycles. The molecule has 2 aromatic rings. The number of benzene rings is 1. The van der Waals surface area contributed by atoms with Crippen molar-refractivity contribution in [3.05, 3.63) is 41.7 Å². The molecule has 0 spiro atoms. The smallest absolute Gasteiger partial charge is 0.308 e. The van der Waals surface area contributed by atoms with Crippen LogP contribution in [0.25, 0.3) is 11.0 Å². The van der Waals surface area contributed by atoms with Gasteiger partial charge in [0.2, 0.25) is 0 Å². The Balaban J connectivity index is 2.22. The topological polar surface area (TPSA) is 99.9 Å². The predicted octanol–water partition coefficient (Wildman–Crippen LogP) is 10.2. The number of aliphatic hydroxyl groups is 1. The van der Waals surface area contributed by atoms with Crippen LogP contribution in [0.3, 0.4) is 0 Å². The standard InChI is InChI=1S/C41H72N2O6Si2/c1-28(22-20-18-19-21-23-34(44)31-24-25-33-32(26-31)42-30(3)43(33)12)37(49-51(16,17)40(7,8)9)29(2)38(46)41(10,11)35(27-36(45)47-13)48-50(14,15)39(4,5)6/h19,21,24-26,28-29,34-35,37,44H,18,20,22-23,27H2,1-17H3/b21-19+/t28-,29+,34+,35-,37-/m0/s1. The molecule has 290 valence electrons. The van der Waals surface area contributed by atoms with Crippen LogP contribution in [0.5, 0.6) is 0 Å². The van der Waals surface area contributed by atoms with Crippen LogP contribution in [0.2, 0.25) is 36.3 Å². The highest BCUT2D eigenvalue weighted by Crippen LogP contribution is 2.44. The number of aromatic nitrogens is 2. The number of hydrogen-bond acceptors (Lipinski definition) is 7. The van der Waals surface area contributed by atoms with Crippen molar-refractivity contribution in [2.45, 2.75) is 163 Å². The van der Waals surface area contributed by atoms with Crippen molar-refractivity contribution in [3.8, 4) is 0 Å². The molecule has 2 rings (SSSR count). The highest BCUT2D eigenvalue weighted by molar-refractivity contribution is 6.74. The summed E-state index contributed by atoms with van der Waals surface area (Å²) in [6.45, 7) is 32.0. The van der Waals surface area contributed by atoms with E-state index in [1.165, 1.54) is 7.11 Å². The van der Waals surface area contributed by atoms with E-state index in [-0.39, 0.29) is 40.3 Å². The number of aliphatic hydroxyl groups excluding tert-OH is 1. The van der Waals surface area contributed by atoms with E-state index in [1.54, 1.807) is 0 Å². The number of carbonyl (C=O) groups excluding carboxylic acids is 2. The molecule has 0 fully saturated rings. The zero-order valence-electron chi connectivity index (χ0n) is 35.2. The van der Waals surface area contributed by atoms with Crippen LogP contribution in [0.1, 0.15) is 119 Å². The fourth-order valence-electron chi connectivity index (χ4n) is 6.08. The summed E-state index contributed by atoms with van der Waals surface area (Å²) in [5.74, 6) is 0.349. The first-order valence-corrected chi connectivity index (χ1v) is 24.7. The van der Waals surface area contributed by atoms with Crippen LogP contribution < -0.4 is 0 Å². The maximum atomic E-state index is 14.7. The number of aryl methyl sites for hydroxylation is 2. The Morgan fingerprint density at radius 1 is 0.941 bits per heavy atom. The lowest BCUT2D eigenvalue weighted by atomic mass is 9.73. The van der Waals surface area contributed by atoms with E-state index in [9.17, 15) is 14.7 Å². The van der Waals surface area contributed by atoms with Gasteiger partial charge in [-0.05, 0) is 92.5 Å². The Morgan fingerprint density at radius 3 is 2.06 bits per heavy atom. The fraction of sp³-hybridized carbons (Fsp3) is 0.732. The van der Waals surface area contributed by atoms with Crippen molar-refractivity contribution in [3.63, 3.8) is 0 Å². The van der Waals surface area contributed by atoms with Crippen LogP contribution in [-0.4, -0.2) is 62.4 Å². The third-order valence-corrected chi connectivity index (χ3v) is 21.0. The molecule has 0 unspecified atom stereocenters. The van der Waals surface area contributed by atoms with E-state index in [1.807, 2.05) is 52.9 Å². The van der Waals surface area contributed by atoms with Gasteiger partial charge in [0, 0.05) is 18.4 Å². The molecule has 0 saturated carbocycles. The third-order valence-electron chi connectivity index (χ3n) is 12.0. The Labute approximate surface area is 312 Å². The number of hydrogen-bond donors (Lipinski definition) is 1. The molecule has 1 N–H and O–H groups in total. The molecule has 51 heavy (non-hydrogen) atoms. The molecule has 0 radical (unpaired) electrons. The van der Waals surface area contributed by atoms with E-state index in [2.05, 4.69) is 96.4 Å². The molecule has 10 heteroatoms. The van der Waals surface area contributed by atoms with Crippen LogP contribution in [-0.2, 0) is 30.2 Å². The Morgan fingerprint density at radius 2 is 1.51 bits per heavy atom. The zero-order chi connectivity index (χ0) is 39.3. The van der Waals surface area contributed by atoms with Crippen molar-refractivity contribution in [2.75, 3.05) is 7.11 Å². The number of Topliss-reactive ketones (excluding diaryl/α,β-unsaturated/α-hetero) is 1. The normalized spacial score (nSPS) is 16.7. The van der Waals surface area contributed by atoms with Gasteiger partial charge in [0.15, 0.2) is 16.6 Å². The number of ether oxygens (including phenoxy) is 1. The lowest BCUT2D eigenvalue weighted by Gasteiger charge is -2.46. The highest BCUT2D eigenvalue weighted by atomic mass is 28.4. The first-order chi connectivity index (χ1) is 23.2. The minimum atomic E-state index is -2.33.